The summed E-state index contributed by atoms with van der Waals surface area (Å²) in [4.78, 5) is 17.0. The number of carbonyl (C=O) groups excluding carboxylic acids is 1. The average molecular weight is 332 g/mol. The fourth-order valence-corrected chi connectivity index (χ4v) is 4.57. The van der Waals surface area contributed by atoms with Crippen LogP contribution in [-0.2, 0) is 11.8 Å². The Bertz CT molecular complexity index is 992. The Labute approximate surface area is 146 Å². The molecule has 2 aromatic heterocycles. The Morgan fingerprint density at radius 2 is 2.24 bits per heavy atom. The van der Waals surface area contributed by atoms with E-state index in [1.54, 1.807) is 10.7 Å². The van der Waals surface area contributed by atoms with Crippen LogP contribution in [0, 0.1) is 12.8 Å². The number of aryl methyl sites for hydroxylation is 2. The fourth-order valence-electron chi connectivity index (χ4n) is 4.57. The normalized spacial score (nSPS) is 23.8. The minimum atomic E-state index is -0.0699. The Balaban J connectivity index is 1.33. The second kappa shape index (κ2) is 5.15. The van der Waals surface area contributed by atoms with Gasteiger partial charge in [0.15, 0.2) is 5.65 Å². The molecule has 1 saturated carbocycles. The third-order valence-corrected chi connectivity index (χ3v) is 5.93. The van der Waals surface area contributed by atoms with Crippen LogP contribution in [0.15, 0.2) is 42.7 Å². The molecule has 126 valence electrons. The highest BCUT2D eigenvalue weighted by atomic mass is 16.1. The maximum atomic E-state index is 12.7. The van der Waals surface area contributed by atoms with Crippen molar-refractivity contribution in [1.29, 1.82) is 0 Å². The molecule has 0 radical (unpaired) electrons. The highest BCUT2D eigenvalue weighted by molar-refractivity contribution is 6.01. The van der Waals surface area contributed by atoms with Gasteiger partial charge in [0.2, 0.25) is 0 Å². The first-order chi connectivity index (χ1) is 12.2. The summed E-state index contributed by atoms with van der Waals surface area (Å²) in [7, 11) is 0. The first-order valence-electron chi connectivity index (χ1n) is 8.85. The molecule has 0 saturated heterocycles. The molecule has 5 nitrogen and oxygen atoms in total. The van der Waals surface area contributed by atoms with Crippen LogP contribution in [0.1, 0.15) is 40.0 Å². The number of benzene rings is 1. The van der Waals surface area contributed by atoms with Gasteiger partial charge in [-0.2, -0.15) is 5.10 Å². The topological polar surface area (TPSA) is 59.3 Å². The zero-order valence-corrected chi connectivity index (χ0v) is 14.2. The summed E-state index contributed by atoms with van der Waals surface area (Å²) in [6.07, 6.45) is 7.06. The summed E-state index contributed by atoms with van der Waals surface area (Å²) in [5.41, 5.74) is 5.21. The molecule has 0 aliphatic heterocycles. The van der Waals surface area contributed by atoms with Crippen molar-refractivity contribution in [3.8, 4) is 0 Å². The Hall–Kier alpha value is -2.69. The third kappa shape index (κ3) is 2.11. The summed E-state index contributed by atoms with van der Waals surface area (Å²) in [6, 6.07) is 10.6. The summed E-state index contributed by atoms with van der Waals surface area (Å²) in [5.74, 6) is 0.467. The molecule has 3 aromatic rings. The molecular formula is C20H20N4O. The molecule has 2 unspecified atom stereocenters. The number of amides is 1. The third-order valence-electron chi connectivity index (χ3n) is 5.93. The summed E-state index contributed by atoms with van der Waals surface area (Å²) in [5, 5.41) is 7.50. The van der Waals surface area contributed by atoms with Crippen LogP contribution >= 0.6 is 0 Å². The summed E-state index contributed by atoms with van der Waals surface area (Å²) < 4.78 is 1.66. The van der Waals surface area contributed by atoms with Crippen molar-refractivity contribution in [2.45, 2.75) is 31.6 Å². The standard InChI is InChI=1S/C20H20N4O/c1-13-17(18-21-9-4-10-24(18)23-13)19(25)22-12-15-11-20(15)8-7-14-5-2-3-6-16(14)20/h2-6,9-10,15H,7-8,11-12H2,1H3,(H,22,25). The van der Waals surface area contributed by atoms with Crippen LogP contribution in [-0.4, -0.2) is 27.0 Å². The zero-order valence-electron chi connectivity index (χ0n) is 14.2. The van der Waals surface area contributed by atoms with E-state index in [9.17, 15) is 4.79 Å². The molecule has 2 aliphatic rings. The quantitative estimate of drug-likeness (QED) is 0.802. The monoisotopic (exact) mass is 332 g/mol. The van der Waals surface area contributed by atoms with Crippen LogP contribution in [0.2, 0.25) is 0 Å². The smallest absolute Gasteiger partial charge is 0.257 e. The second-order valence-electron chi connectivity index (χ2n) is 7.27. The number of fused-ring (bicyclic) bond motifs is 3. The first-order valence-corrected chi connectivity index (χ1v) is 8.85. The molecule has 0 bridgehead atoms. The number of carbonyl (C=O) groups is 1. The lowest BCUT2D eigenvalue weighted by atomic mass is 9.95. The number of rotatable bonds is 3. The molecule has 2 aliphatic carbocycles. The van der Waals surface area contributed by atoms with Gasteiger partial charge in [-0.3, -0.25) is 4.79 Å². The molecule has 1 amide bonds. The highest BCUT2D eigenvalue weighted by Gasteiger charge is 2.57. The van der Waals surface area contributed by atoms with Gasteiger partial charge in [-0.05, 0) is 49.3 Å². The van der Waals surface area contributed by atoms with Gasteiger partial charge in [0.05, 0.1) is 5.69 Å². The van der Waals surface area contributed by atoms with Crippen molar-refractivity contribution < 1.29 is 4.79 Å². The molecule has 1 aromatic carbocycles. The number of hydrogen-bond donors (Lipinski definition) is 1. The van der Waals surface area contributed by atoms with E-state index in [-0.39, 0.29) is 5.91 Å². The lowest BCUT2D eigenvalue weighted by Crippen LogP contribution is -2.28. The van der Waals surface area contributed by atoms with E-state index < -0.39 is 0 Å². The van der Waals surface area contributed by atoms with Gasteiger partial charge in [0, 0.05) is 24.4 Å². The number of aromatic nitrogens is 3. The number of nitrogens with zero attached hydrogens (tertiary/aromatic N) is 3. The van der Waals surface area contributed by atoms with Gasteiger partial charge in [0.1, 0.15) is 5.56 Å². The average Bonchev–Trinajstić information content (AvgIpc) is 3.04. The SMILES string of the molecule is Cc1nn2cccnc2c1C(=O)NCC1CC12CCc1ccccc12. The lowest BCUT2D eigenvalue weighted by molar-refractivity contribution is 0.0952. The zero-order chi connectivity index (χ0) is 17.0. The van der Waals surface area contributed by atoms with Crippen molar-refractivity contribution >= 4 is 11.6 Å². The minimum Gasteiger partial charge on any atom is -0.352 e. The van der Waals surface area contributed by atoms with E-state index >= 15 is 0 Å². The van der Waals surface area contributed by atoms with Crippen LogP contribution in [0.3, 0.4) is 0 Å². The van der Waals surface area contributed by atoms with Gasteiger partial charge in [0.25, 0.3) is 5.91 Å². The van der Waals surface area contributed by atoms with Gasteiger partial charge < -0.3 is 5.32 Å². The molecule has 2 heterocycles. The molecule has 1 N–H and O–H groups in total. The summed E-state index contributed by atoms with van der Waals surface area (Å²) in [6.45, 7) is 2.58. The van der Waals surface area contributed by atoms with E-state index in [1.807, 2.05) is 19.2 Å². The van der Waals surface area contributed by atoms with Crippen molar-refractivity contribution in [1.82, 2.24) is 19.9 Å². The molecule has 5 rings (SSSR count). The van der Waals surface area contributed by atoms with Crippen LogP contribution < -0.4 is 5.32 Å². The highest BCUT2D eigenvalue weighted by Crippen LogP contribution is 2.61. The molecular weight excluding hydrogens is 312 g/mol. The Morgan fingerprint density at radius 1 is 1.36 bits per heavy atom. The molecule has 25 heavy (non-hydrogen) atoms. The van der Waals surface area contributed by atoms with E-state index in [4.69, 9.17) is 0 Å². The summed E-state index contributed by atoms with van der Waals surface area (Å²) >= 11 is 0. The maximum Gasteiger partial charge on any atom is 0.257 e. The van der Waals surface area contributed by atoms with Gasteiger partial charge in [-0.15, -0.1) is 0 Å². The maximum absolute atomic E-state index is 12.7. The van der Waals surface area contributed by atoms with Crippen molar-refractivity contribution in [2.75, 3.05) is 6.54 Å². The van der Waals surface area contributed by atoms with Gasteiger partial charge in [-0.25, -0.2) is 9.50 Å². The van der Waals surface area contributed by atoms with Crippen molar-refractivity contribution in [3.05, 3.63) is 65.1 Å². The predicted molar refractivity (Wildman–Crippen MR) is 94.6 cm³/mol. The van der Waals surface area contributed by atoms with Crippen LogP contribution in [0.25, 0.3) is 5.65 Å². The number of hydrogen-bond acceptors (Lipinski definition) is 3. The Morgan fingerprint density at radius 3 is 3.16 bits per heavy atom. The minimum absolute atomic E-state index is 0.0699. The van der Waals surface area contributed by atoms with E-state index in [0.29, 0.717) is 28.2 Å². The molecule has 5 heteroatoms. The molecule has 1 spiro atoms. The Kier molecular flexibility index (Phi) is 3.02. The molecule has 1 fully saturated rings. The van der Waals surface area contributed by atoms with E-state index in [2.05, 4.69) is 39.7 Å². The molecule has 2 atom stereocenters. The van der Waals surface area contributed by atoms with Crippen LogP contribution in [0.5, 0.6) is 0 Å². The first kappa shape index (κ1) is 14.6. The fraction of sp³-hybridized carbons (Fsp3) is 0.350. The van der Waals surface area contributed by atoms with E-state index in [1.165, 1.54) is 24.0 Å². The van der Waals surface area contributed by atoms with E-state index in [0.717, 1.165) is 13.0 Å². The van der Waals surface area contributed by atoms with Gasteiger partial charge in [-0.1, -0.05) is 24.3 Å². The lowest BCUT2D eigenvalue weighted by Gasteiger charge is -2.12. The van der Waals surface area contributed by atoms with Crippen molar-refractivity contribution in [2.24, 2.45) is 5.92 Å². The largest absolute Gasteiger partial charge is 0.352 e. The van der Waals surface area contributed by atoms with Gasteiger partial charge >= 0.3 is 0 Å². The predicted octanol–water partition coefficient (Wildman–Crippen LogP) is 2.67. The second-order valence-corrected chi connectivity index (χ2v) is 7.27. The number of nitrogens with one attached hydrogen (secondary N) is 1. The van der Waals surface area contributed by atoms with Crippen molar-refractivity contribution in [3.63, 3.8) is 0 Å². The van der Waals surface area contributed by atoms with Crippen LogP contribution in [0.4, 0.5) is 0 Å².